The van der Waals surface area contributed by atoms with E-state index < -0.39 is 28.3 Å². The van der Waals surface area contributed by atoms with E-state index >= 15 is 0 Å². The van der Waals surface area contributed by atoms with Gasteiger partial charge in [0.1, 0.15) is 5.82 Å². The average molecular weight is 332 g/mol. The van der Waals surface area contributed by atoms with Crippen molar-refractivity contribution in [2.75, 3.05) is 11.9 Å². The van der Waals surface area contributed by atoms with Crippen LogP contribution in [0.3, 0.4) is 0 Å². The third kappa shape index (κ3) is 3.92. The zero-order valence-corrected chi connectivity index (χ0v) is 12.6. The Bertz CT molecular complexity index is 807. The molecule has 0 fully saturated rings. The van der Waals surface area contributed by atoms with Crippen molar-refractivity contribution < 1.29 is 23.6 Å². The minimum absolute atomic E-state index is 0.0771. The molecule has 0 spiro atoms. The molecule has 0 atom stereocenters. The number of hydrogen-bond donors (Lipinski definition) is 1. The fraction of sp³-hybridized carbons (Fsp3) is 0.125. The summed E-state index contributed by atoms with van der Waals surface area (Å²) >= 11 is 0. The van der Waals surface area contributed by atoms with Gasteiger partial charge in [-0.1, -0.05) is 12.1 Å². The Morgan fingerprint density at radius 1 is 1.21 bits per heavy atom. The van der Waals surface area contributed by atoms with Crippen LogP contribution in [0, 0.1) is 15.9 Å². The normalized spacial score (nSPS) is 10.1. The summed E-state index contributed by atoms with van der Waals surface area (Å²) in [5, 5.41) is 13.3. The average Bonchev–Trinajstić information content (AvgIpc) is 2.56. The Labute approximate surface area is 136 Å². The lowest BCUT2D eigenvalue weighted by Gasteiger charge is -2.08. The van der Waals surface area contributed by atoms with Gasteiger partial charge in [0.05, 0.1) is 22.8 Å². The largest absolute Gasteiger partial charge is 0.462 e. The highest BCUT2D eigenvalue weighted by Gasteiger charge is 2.19. The summed E-state index contributed by atoms with van der Waals surface area (Å²) in [4.78, 5) is 34.2. The van der Waals surface area contributed by atoms with E-state index in [4.69, 9.17) is 4.74 Å². The Kier molecular flexibility index (Phi) is 5.20. The van der Waals surface area contributed by atoms with Crippen molar-refractivity contribution in [3.8, 4) is 0 Å². The Morgan fingerprint density at radius 3 is 2.50 bits per heavy atom. The molecule has 0 saturated carbocycles. The number of benzene rings is 2. The number of halogens is 1. The van der Waals surface area contributed by atoms with Gasteiger partial charge in [0.15, 0.2) is 0 Å². The maximum atomic E-state index is 13.6. The molecule has 0 aliphatic heterocycles. The number of esters is 1. The smallest absolute Gasteiger partial charge is 0.338 e. The molecule has 24 heavy (non-hydrogen) atoms. The highest BCUT2D eigenvalue weighted by atomic mass is 19.1. The number of para-hydroxylation sites is 1. The first-order valence-corrected chi connectivity index (χ1v) is 6.95. The van der Waals surface area contributed by atoms with Gasteiger partial charge in [0.2, 0.25) is 0 Å². The number of nitro benzene ring substituents is 1. The minimum Gasteiger partial charge on any atom is -0.462 e. The molecule has 0 bridgehead atoms. The van der Waals surface area contributed by atoms with Crippen LogP contribution in [0.4, 0.5) is 15.8 Å². The van der Waals surface area contributed by atoms with Crippen LogP contribution in [0.5, 0.6) is 0 Å². The molecule has 0 saturated heterocycles. The van der Waals surface area contributed by atoms with E-state index in [0.717, 1.165) is 24.3 Å². The molecular formula is C16H13FN2O5. The van der Waals surface area contributed by atoms with Crippen LogP contribution in [-0.2, 0) is 4.74 Å². The Hall–Kier alpha value is -3.29. The maximum Gasteiger partial charge on any atom is 0.338 e. The number of carbonyl (C=O) groups is 2. The van der Waals surface area contributed by atoms with Crippen molar-refractivity contribution in [3.63, 3.8) is 0 Å². The number of nitrogens with zero attached hydrogens (tertiary/aromatic N) is 1. The van der Waals surface area contributed by atoms with Crippen LogP contribution in [0.25, 0.3) is 0 Å². The first kappa shape index (κ1) is 17.1. The van der Waals surface area contributed by atoms with E-state index in [1.165, 1.54) is 18.2 Å². The Balaban J connectivity index is 2.37. The second-order valence-electron chi connectivity index (χ2n) is 4.68. The van der Waals surface area contributed by atoms with Crippen molar-refractivity contribution in [1.29, 1.82) is 0 Å². The van der Waals surface area contributed by atoms with Crippen LogP contribution < -0.4 is 5.32 Å². The van der Waals surface area contributed by atoms with E-state index in [-0.39, 0.29) is 23.4 Å². The highest BCUT2D eigenvalue weighted by molar-refractivity contribution is 6.06. The SMILES string of the molecule is CCOC(=O)c1cc(C(=O)Nc2ccccc2F)cc([N+](=O)[O-])c1. The van der Waals surface area contributed by atoms with Gasteiger partial charge in [0.25, 0.3) is 11.6 Å². The van der Waals surface area contributed by atoms with Crippen molar-refractivity contribution in [2.45, 2.75) is 6.92 Å². The second-order valence-corrected chi connectivity index (χ2v) is 4.68. The molecule has 1 N–H and O–H groups in total. The van der Waals surface area contributed by atoms with Crippen LogP contribution in [0.1, 0.15) is 27.6 Å². The predicted molar refractivity (Wildman–Crippen MR) is 83.4 cm³/mol. The number of amides is 1. The van der Waals surface area contributed by atoms with Crippen LogP contribution in [0.15, 0.2) is 42.5 Å². The van der Waals surface area contributed by atoms with Gasteiger partial charge >= 0.3 is 5.97 Å². The molecule has 0 aliphatic rings. The topological polar surface area (TPSA) is 98.5 Å². The summed E-state index contributed by atoms with van der Waals surface area (Å²) in [7, 11) is 0. The fourth-order valence-corrected chi connectivity index (χ4v) is 1.94. The lowest BCUT2D eigenvalue weighted by atomic mass is 10.1. The van der Waals surface area contributed by atoms with Gasteiger partial charge < -0.3 is 10.1 Å². The Morgan fingerprint density at radius 2 is 1.88 bits per heavy atom. The van der Waals surface area contributed by atoms with E-state index in [1.807, 2.05) is 0 Å². The molecular weight excluding hydrogens is 319 g/mol. The summed E-state index contributed by atoms with van der Waals surface area (Å²) in [5.74, 6) is -2.22. The third-order valence-electron chi connectivity index (χ3n) is 3.02. The molecule has 0 radical (unpaired) electrons. The van der Waals surface area contributed by atoms with Crippen molar-refractivity contribution in [3.05, 3.63) is 69.5 Å². The molecule has 0 aromatic heterocycles. The molecule has 1 amide bonds. The van der Waals surface area contributed by atoms with Crippen molar-refractivity contribution in [1.82, 2.24) is 0 Å². The molecule has 2 aromatic rings. The van der Waals surface area contributed by atoms with Crippen LogP contribution in [0.2, 0.25) is 0 Å². The van der Waals surface area contributed by atoms with Gasteiger partial charge in [-0.05, 0) is 25.1 Å². The fourth-order valence-electron chi connectivity index (χ4n) is 1.94. The molecule has 2 aromatic carbocycles. The summed E-state index contributed by atoms with van der Waals surface area (Å²) in [6.07, 6.45) is 0. The molecule has 0 aliphatic carbocycles. The first-order valence-electron chi connectivity index (χ1n) is 6.95. The van der Waals surface area contributed by atoms with E-state index in [0.29, 0.717) is 0 Å². The van der Waals surface area contributed by atoms with Crippen LogP contribution in [-0.4, -0.2) is 23.4 Å². The molecule has 8 heteroatoms. The quantitative estimate of drug-likeness (QED) is 0.515. The number of ether oxygens (including phenoxy) is 1. The summed E-state index contributed by atoms with van der Waals surface area (Å²) in [6, 6.07) is 8.65. The zero-order valence-electron chi connectivity index (χ0n) is 12.6. The van der Waals surface area contributed by atoms with E-state index in [9.17, 15) is 24.1 Å². The number of nitrogens with one attached hydrogen (secondary N) is 1. The molecule has 124 valence electrons. The number of non-ortho nitro benzene ring substituents is 1. The molecule has 0 heterocycles. The zero-order chi connectivity index (χ0) is 17.7. The van der Waals surface area contributed by atoms with Gasteiger partial charge in [-0.2, -0.15) is 0 Å². The number of anilines is 1. The lowest BCUT2D eigenvalue weighted by Crippen LogP contribution is -2.15. The summed E-state index contributed by atoms with van der Waals surface area (Å²) in [5.41, 5.74) is -0.814. The molecule has 2 rings (SSSR count). The van der Waals surface area contributed by atoms with Crippen LogP contribution >= 0.6 is 0 Å². The minimum atomic E-state index is -0.791. The van der Waals surface area contributed by atoms with Gasteiger partial charge in [-0.3, -0.25) is 14.9 Å². The molecule has 7 nitrogen and oxygen atoms in total. The lowest BCUT2D eigenvalue weighted by molar-refractivity contribution is -0.384. The first-order chi connectivity index (χ1) is 11.4. The highest BCUT2D eigenvalue weighted by Crippen LogP contribution is 2.20. The van der Waals surface area contributed by atoms with Crippen molar-refractivity contribution >= 4 is 23.3 Å². The van der Waals surface area contributed by atoms with E-state index in [2.05, 4.69) is 5.32 Å². The number of hydrogen-bond acceptors (Lipinski definition) is 5. The number of rotatable bonds is 5. The van der Waals surface area contributed by atoms with E-state index in [1.54, 1.807) is 6.92 Å². The van der Waals surface area contributed by atoms with Gasteiger partial charge in [-0.25, -0.2) is 9.18 Å². The monoisotopic (exact) mass is 332 g/mol. The maximum absolute atomic E-state index is 13.6. The number of nitro groups is 1. The predicted octanol–water partition coefficient (Wildman–Crippen LogP) is 3.16. The van der Waals surface area contributed by atoms with Gasteiger partial charge in [-0.15, -0.1) is 0 Å². The van der Waals surface area contributed by atoms with Gasteiger partial charge in [0, 0.05) is 17.7 Å². The summed E-state index contributed by atoms with van der Waals surface area (Å²) < 4.78 is 18.4. The van der Waals surface area contributed by atoms with Crippen molar-refractivity contribution in [2.24, 2.45) is 0 Å². The third-order valence-corrected chi connectivity index (χ3v) is 3.02. The summed E-state index contributed by atoms with van der Waals surface area (Å²) in [6.45, 7) is 1.67. The molecule has 0 unspecified atom stereocenters. The number of carbonyl (C=O) groups excluding carboxylic acids is 2. The second kappa shape index (κ2) is 7.32. The standard InChI is InChI=1S/C16H13FN2O5/c1-2-24-16(21)11-7-10(8-12(9-11)19(22)23)15(20)18-14-6-4-3-5-13(14)17/h3-9H,2H2,1H3,(H,18,20).